The van der Waals surface area contributed by atoms with Crippen LogP contribution in [0.3, 0.4) is 0 Å². The maximum absolute atomic E-state index is 13.3. The van der Waals surface area contributed by atoms with Crippen molar-refractivity contribution in [1.82, 2.24) is 10.2 Å². The highest BCUT2D eigenvalue weighted by molar-refractivity contribution is 9.10. The van der Waals surface area contributed by atoms with Gasteiger partial charge in [0.25, 0.3) is 5.91 Å². The molecule has 0 aliphatic carbocycles. The molecule has 1 N–H and O–H groups in total. The lowest BCUT2D eigenvalue weighted by atomic mass is 10.2. The molecule has 0 saturated carbocycles. The molecule has 1 fully saturated rings. The summed E-state index contributed by atoms with van der Waals surface area (Å²) in [6, 6.07) is 4.80. The van der Waals surface area contributed by atoms with Gasteiger partial charge in [0, 0.05) is 12.6 Å². The molecule has 1 unspecified atom stereocenters. The lowest BCUT2D eigenvalue weighted by Gasteiger charge is -2.23. The highest BCUT2D eigenvalue weighted by atomic mass is 79.9. The van der Waals surface area contributed by atoms with Gasteiger partial charge in [-0.15, -0.1) is 0 Å². The van der Waals surface area contributed by atoms with Crippen LogP contribution in [0.25, 0.3) is 0 Å². The number of halogens is 2. The fourth-order valence-electron chi connectivity index (χ4n) is 2.33. The molecule has 5 heteroatoms. The third-order valence-corrected chi connectivity index (χ3v) is 4.32. The van der Waals surface area contributed by atoms with Crippen LogP contribution in [0.5, 0.6) is 0 Å². The molecule has 19 heavy (non-hydrogen) atoms. The lowest BCUT2D eigenvalue weighted by Crippen LogP contribution is -2.40. The highest BCUT2D eigenvalue weighted by Gasteiger charge is 2.19. The number of carbonyl (C=O) groups excluding carboxylic acids is 1. The Morgan fingerprint density at radius 2 is 2.16 bits per heavy atom. The number of likely N-dealkylation sites (tertiary alicyclic amines) is 1. The van der Waals surface area contributed by atoms with Gasteiger partial charge in [-0.25, -0.2) is 4.39 Å². The molecule has 0 aromatic heterocycles. The van der Waals surface area contributed by atoms with Crippen molar-refractivity contribution in [3.63, 3.8) is 0 Å². The van der Waals surface area contributed by atoms with Crippen molar-refractivity contribution in [2.45, 2.75) is 25.8 Å². The van der Waals surface area contributed by atoms with Gasteiger partial charge in [-0.2, -0.15) is 0 Å². The number of hydrogen-bond acceptors (Lipinski definition) is 2. The summed E-state index contributed by atoms with van der Waals surface area (Å²) >= 11 is 3.11. The quantitative estimate of drug-likeness (QED) is 0.921. The second kappa shape index (κ2) is 6.48. The Balaban J connectivity index is 1.92. The van der Waals surface area contributed by atoms with Gasteiger partial charge in [0.15, 0.2) is 0 Å². The van der Waals surface area contributed by atoms with Crippen molar-refractivity contribution >= 4 is 21.8 Å². The van der Waals surface area contributed by atoms with Gasteiger partial charge in [0.1, 0.15) is 5.82 Å². The maximum Gasteiger partial charge on any atom is 0.252 e. The van der Waals surface area contributed by atoms with Crippen LogP contribution in [-0.2, 0) is 0 Å². The molecule has 104 valence electrons. The first-order valence-corrected chi connectivity index (χ1v) is 7.35. The maximum atomic E-state index is 13.3. The van der Waals surface area contributed by atoms with Crippen LogP contribution in [-0.4, -0.2) is 36.5 Å². The van der Waals surface area contributed by atoms with Gasteiger partial charge in [0.2, 0.25) is 0 Å². The first-order valence-electron chi connectivity index (χ1n) is 6.56. The number of benzene rings is 1. The predicted molar refractivity (Wildman–Crippen MR) is 76.7 cm³/mol. The van der Waals surface area contributed by atoms with E-state index in [0.717, 1.165) is 13.1 Å². The van der Waals surface area contributed by atoms with Gasteiger partial charge in [-0.05, 0) is 60.9 Å². The van der Waals surface area contributed by atoms with E-state index in [9.17, 15) is 9.18 Å². The summed E-state index contributed by atoms with van der Waals surface area (Å²) in [4.78, 5) is 14.4. The average molecular weight is 329 g/mol. The zero-order chi connectivity index (χ0) is 13.8. The van der Waals surface area contributed by atoms with Crippen LogP contribution >= 0.6 is 15.9 Å². The molecule has 0 spiro atoms. The molecule has 3 nitrogen and oxygen atoms in total. The fraction of sp³-hybridized carbons (Fsp3) is 0.500. The SMILES string of the molecule is CC(CNC(=O)c1cccc(F)c1Br)N1CCCC1. The molecule has 2 rings (SSSR count). The molecule has 1 atom stereocenters. The Morgan fingerprint density at radius 1 is 1.47 bits per heavy atom. The van der Waals surface area contributed by atoms with Crippen molar-refractivity contribution < 1.29 is 9.18 Å². The molecule has 1 aromatic rings. The first-order chi connectivity index (χ1) is 9.09. The van der Waals surface area contributed by atoms with E-state index >= 15 is 0 Å². The summed E-state index contributed by atoms with van der Waals surface area (Å²) in [7, 11) is 0. The number of hydrogen-bond donors (Lipinski definition) is 1. The van der Waals surface area contributed by atoms with Gasteiger partial charge in [-0.1, -0.05) is 6.07 Å². The zero-order valence-corrected chi connectivity index (χ0v) is 12.5. The lowest BCUT2D eigenvalue weighted by molar-refractivity contribution is 0.0939. The standard InChI is InChI=1S/C14H18BrFN2O/c1-10(18-7-2-3-8-18)9-17-14(19)11-5-4-6-12(16)13(11)15/h4-6,10H,2-3,7-9H2,1H3,(H,17,19). The highest BCUT2D eigenvalue weighted by Crippen LogP contribution is 2.20. The molecule has 1 aliphatic rings. The van der Waals surface area contributed by atoms with Crippen molar-refractivity contribution in [2.24, 2.45) is 0 Å². The normalized spacial score (nSPS) is 17.4. The molecule has 1 heterocycles. The summed E-state index contributed by atoms with van der Waals surface area (Å²) in [6.45, 7) is 4.88. The van der Waals surface area contributed by atoms with Crippen LogP contribution in [0.2, 0.25) is 0 Å². The molecule has 0 bridgehead atoms. The molecular formula is C14H18BrFN2O. The Labute approximate surface area is 121 Å². The fourth-order valence-corrected chi connectivity index (χ4v) is 2.77. The molecular weight excluding hydrogens is 311 g/mol. The van der Waals surface area contributed by atoms with E-state index in [1.807, 2.05) is 0 Å². The second-order valence-corrected chi connectivity index (χ2v) is 5.70. The van der Waals surface area contributed by atoms with E-state index < -0.39 is 5.82 Å². The third-order valence-electron chi connectivity index (χ3n) is 3.52. The monoisotopic (exact) mass is 328 g/mol. The Hall–Kier alpha value is -0.940. The summed E-state index contributed by atoms with van der Waals surface area (Å²) in [5.74, 6) is -0.655. The largest absolute Gasteiger partial charge is 0.350 e. The van der Waals surface area contributed by atoms with E-state index in [1.165, 1.54) is 18.9 Å². The van der Waals surface area contributed by atoms with E-state index in [4.69, 9.17) is 0 Å². The van der Waals surface area contributed by atoms with Crippen LogP contribution in [0.15, 0.2) is 22.7 Å². The van der Waals surface area contributed by atoms with E-state index in [1.54, 1.807) is 12.1 Å². The van der Waals surface area contributed by atoms with Crippen molar-refractivity contribution in [2.75, 3.05) is 19.6 Å². The molecule has 1 aromatic carbocycles. The van der Waals surface area contributed by atoms with Crippen LogP contribution in [0.4, 0.5) is 4.39 Å². The van der Waals surface area contributed by atoms with E-state index in [2.05, 4.69) is 33.1 Å². The van der Waals surface area contributed by atoms with Crippen molar-refractivity contribution in [1.29, 1.82) is 0 Å². The molecule has 1 amide bonds. The topological polar surface area (TPSA) is 32.3 Å². The van der Waals surface area contributed by atoms with Crippen LogP contribution in [0.1, 0.15) is 30.1 Å². The van der Waals surface area contributed by atoms with Gasteiger partial charge in [-0.3, -0.25) is 9.69 Å². The Morgan fingerprint density at radius 3 is 2.84 bits per heavy atom. The van der Waals surface area contributed by atoms with Crippen LogP contribution in [0, 0.1) is 5.82 Å². The van der Waals surface area contributed by atoms with Crippen molar-refractivity contribution in [3.05, 3.63) is 34.1 Å². The minimum atomic E-state index is -0.416. The van der Waals surface area contributed by atoms with Crippen LogP contribution < -0.4 is 5.32 Å². The molecule has 1 aliphatic heterocycles. The van der Waals surface area contributed by atoms with Gasteiger partial charge in [0.05, 0.1) is 10.0 Å². The minimum absolute atomic E-state index is 0.223. The molecule has 0 radical (unpaired) electrons. The zero-order valence-electron chi connectivity index (χ0n) is 11.0. The van der Waals surface area contributed by atoms with E-state index in [0.29, 0.717) is 18.2 Å². The van der Waals surface area contributed by atoms with Gasteiger partial charge < -0.3 is 5.32 Å². The summed E-state index contributed by atoms with van der Waals surface area (Å²) < 4.78 is 13.6. The van der Waals surface area contributed by atoms with E-state index in [-0.39, 0.29) is 10.4 Å². The summed E-state index contributed by atoms with van der Waals surface area (Å²) in [5, 5.41) is 2.87. The first kappa shape index (κ1) is 14.5. The third kappa shape index (κ3) is 3.54. The Kier molecular flexibility index (Phi) is 4.93. The number of nitrogens with one attached hydrogen (secondary N) is 1. The summed E-state index contributed by atoms with van der Waals surface area (Å²) in [6.07, 6.45) is 2.46. The smallest absolute Gasteiger partial charge is 0.252 e. The molecule has 1 saturated heterocycles. The minimum Gasteiger partial charge on any atom is -0.350 e. The number of carbonyl (C=O) groups is 1. The summed E-state index contributed by atoms with van der Waals surface area (Å²) in [5.41, 5.74) is 0.341. The second-order valence-electron chi connectivity index (χ2n) is 4.90. The number of amides is 1. The van der Waals surface area contributed by atoms with Crippen molar-refractivity contribution in [3.8, 4) is 0 Å². The Bertz CT molecular complexity index is 461. The number of nitrogens with zero attached hydrogens (tertiary/aromatic N) is 1. The number of rotatable bonds is 4. The average Bonchev–Trinajstić information content (AvgIpc) is 2.93. The van der Waals surface area contributed by atoms with Gasteiger partial charge >= 0.3 is 0 Å². The predicted octanol–water partition coefficient (Wildman–Crippen LogP) is 2.80.